The van der Waals surface area contributed by atoms with Gasteiger partial charge in [-0.05, 0) is 57.7 Å². The zero-order chi connectivity index (χ0) is 27.4. The van der Waals surface area contributed by atoms with Gasteiger partial charge in [-0.25, -0.2) is 8.42 Å². The van der Waals surface area contributed by atoms with E-state index in [4.69, 9.17) is 16.1 Å². The van der Waals surface area contributed by atoms with Gasteiger partial charge in [-0.15, -0.1) is 11.3 Å². The van der Waals surface area contributed by atoms with E-state index < -0.39 is 22.0 Å². The monoisotopic (exact) mass is 583 g/mol. The van der Waals surface area contributed by atoms with E-state index in [1.54, 1.807) is 30.9 Å². The van der Waals surface area contributed by atoms with E-state index in [1.807, 2.05) is 0 Å². The first-order valence-corrected chi connectivity index (χ1v) is 15.0. The zero-order valence-electron chi connectivity index (χ0n) is 21.1. The van der Waals surface area contributed by atoms with Gasteiger partial charge in [0.05, 0.1) is 16.6 Å². The Bertz CT molecular complexity index is 1320. The second-order valence-corrected chi connectivity index (χ2v) is 12.7. The third-order valence-corrected chi connectivity index (χ3v) is 8.93. The van der Waals surface area contributed by atoms with Crippen molar-refractivity contribution in [3.63, 3.8) is 0 Å². The van der Waals surface area contributed by atoms with Crippen LogP contribution in [0, 0.1) is 13.8 Å². The summed E-state index contributed by atoms with van der Waals surface area (Å²) in [6.45, 7) is 4.38. The molecule has 2 fully saturated rings. The maximum Gasteiger partial charge on any atom is 0.256 e. The maximum absolute atomic E-state index is 13.1. The van der Waals surface area contributed by atoms with Crippen molar-refractivity contribution in [2.45, 2.75) is 51.6 Å². The minimum absolute atomic E-state index is 0.144. The Hall–Kier alpha value is -2.74. The van der Waals surface area contributed by atoms with Gasteiger partial charge in [0.25, 0.3) is 5.91 Å². The molecule has 0 aliphatic carbocycles. The van der Waals surface area contributed by atoms with Crippen LogP contribution in [0.1, 0.15) is 52.4 Å². The SMILES string of the molecule is Cc1noc(C)c1C(=O)NC[C@@H]1CCCN1C(=O)CN1CCC[C@H](NS(=O)(=O)C=Cc2ccc(Cl)s2)C1=O. The van der Waals surface area contributed by atoms with Gasteiger partial charge in [-0.2, -0.15) is 4.72 Å². The third-order valence-electron chi connectivity index (χ3n) is 6.62. The fourth-order valence-electron chi connectivity index (χ4n) is 4.76. The number of hydrogen-bond donors (Lipinski definition) is 2. The lowest BCUT2D eigenvalue weighted by molar-refractivity contribution is -0.143. The molecule has 2 aromatic rings. The van der Waals surface area contributed by atoms with Crippen molar-refractivity contribution < 1.29 is 27.3 Å². The Morgan fingerprint density at radius 2 is 2.00 bits per heavy atom. The smallest absolute Gasteiger partial charge is 0.256 e. The van der Waals surface area contributed by atoms with Crippen molar-refractivity contribution in [2.75, 3.05) is 26.2 Å². The Balaban J connectivity index is 1.32. The van der Waals surface area contributed by atoms with E-state index >= 15 is 0 Å². The number of rotatable bonds is 9. The summed E-state index contributed by atoms with van der Waals surface area (Å²) >= 11 is 7.12. The van der Waals surface area contributed by atoms with E-state index in [0.717, 1.165) is 18.2 Å². The molecule has 2 atom stereocenters. The number of halogens is 1. The highest BCUT2D eigenvalue weighted by molar-refractivity contribution is 7.92. The second-order valence-electron chi connectivity index (χ2n) is 9.35. The number of nitrogens with one attached hydrogen (secondary N) is 2. The predicted molar refractivity (Wildman–Crippen MR) is 143 cm³/mol. The molecular weight excluding hydrogens is 554 g/mol. The Morgan fingerprint density at radius 1 is 1.24 bits per heavy atom. The van der Waals surface area contributed by atoms with Crippen molar-refractivity contribution in [1.82, 2.24) is 25.0 Å². The summed E-state index contributed by atoms with van der Waals surface area (Å²) in [5, 5.41) is 7.67. The number of hydrogen-bond acceptors (Lipinski definition) is 8. The highest BCUT2D eigenvalue weighted by Gasteiger charge is 2.35. The van der Waals surface area contributed by atoms with Crippen LogP contribution in [0.2, 0.25) is 4.34 Å². The molecule has 4 heterocycles. The van der Waals surface area contributed by atoms with Crippen molar-refractivity contribution >= 4 is 56.8 Å². The van der Waals surface area contributed by atoms with Gasteiger partial charge < -0.3 is 19.6 Å². The number of aromatic nitrogens is 1. The average Bonchev–Trinajstić information content (AvgIpc) is 3.59. The summed E-state index contributed by atoms with van der Waals surface area (Å²) in [5.41, 5.74) is 0.891. The number of thiophene rings is 1. The van der Waals surface area contributed by atoms with E-state index in [2.05, 4.69) is 15.2 Å². The van der Waals surface area contributed by atoms with Crippen LogP contribution < -0.4 is 10.0 Å². The molecule has 0 bridgehead atoms. The molecule has 206 valence electrons. The number of sulfonamides is 1. The summed E-state index contributed by atoms with van der Waals surface area (Å²) in [6, 6.07) is 2.23. The molecule has 0 spiro atoms. The van der Waals surface area contributed by atoms with Gasteiger partial charge in [0.15, 0.2) is 0 Å². The highest BCUT2D eigenvalue weighted by atomic mass is 35.5. The van der Waals surface area contributed by atoms with Crippen LogP contribution in [0.5, 0.6) is 0 Å². The molecule has 38 heavy (non-hydrogen) atoms. The number of nitrogens with zero attached hydrogens (tertiary/aromatic N) is 3. The molecular formula is C24H30ClN5O6S2. The molecule has 2 aliphatic heterocycles. The van der Waals surface area contributed by atoms with Gasteiger partial charge in [-0.3, -0.25) is 14.4 Å². The number of piperidine rings is 1. The maximum atomic E-state index is 13.1. The predicted octanol–water partition coefficient (Wildman–Crippen LogP) is 2.31. The summed E-state index contributed by atoms with van der Waals surface area (Å²) in [4.78, 5) is 42.5. The summed E-state index contributed by atoms with van der Waals surface area (Å²) in [5.74, 6) is -0.536. The van der Waals surface area contributed by atoms with Crippen LogP contribution in [0.25, 0.3) is 6.08 Å². The third kappa shape index (κ3) is 6.82. The molecule has 0 saturated carbocycles. The van der Waals surface area contributed by atoms with E-state index in [-0.39, 0.29) is 30.9 Å². The van der Waals surface area contributed by atoms with E-state index in [1.165, 1.54) is 22.3 Å². The first kappa shape index (κ1) is 28.3. The summed E-state index contributed by atoms with van der Waals surface area (Å²) in [6.07, 6.45) is 3.85. The molecule has 0 radical (unpaired) electrons. The minimum atomic E-state index is -3.88. The van der Waals surface area contributed by atoms with Crippen LogP contribution in [-0.4, -0.2) is 79.4 Å². The van der Waals surface area contributed by atoms with E-state index in [0.29, 0.717) is 52.2 Å². The van der Waals surface area contributed by atoms with Gasteiger partial charge in [0.1, 0.15) is 17.4 Å². The zero-order valence-corrected chi connectivity index (χ0v) is 23.5. The van der Waals surface area contributed by atoms with Crippen LogP contribution in [0.15, 0.2) is 22.1 Å². The Morgan fingerprint density at radius 3 is 2.68 bits per heavy atom. The van der Waals surface area contributed by atoms with Crippen molar-refractivity contribution in [3.05, 3.63) is 43.8 Å². The summed E-state index contributed by atoms with van der Waals surface area (Å²) < 4.78 is 33.1. The molecule has 11 nitrogen and oxygen atoms in total. The lowest BCUT2D eigenvalue weighted by atomic mass is 10.1. The second kappa shape index (κ2) is 12.0. The van der Waals surface area contributed by atoms with Crippen LogP contribution >= 0.6 is 22.9 Å². The van der Waals surface area contributed by atoms with Gasteiger partial charge in [0.2, 0.25) is 21.8 Å². The fraction of sp³-hybridized carbons (Fsp3) is 0.500. The number of likely N-dealkylation sites (tertiary alicyclic amines) is 2. The molecule has 2 saturated heterocycles. The number of amides is 3. The fourth-order valence-corrected chi connectivity index (χ4v) is 6.82. The van der Waals surface area contributed by atoms with Gasteiger partial charge in [0, 0.05) is 36.0 Å². The average molecular weight is 584 g/mol. The lowest BCUT2D eigenvalue weighted by Gasteiger charge is -2.34. The molecule has 2 aliphatic rings. The normalized spacial score (nSPS) is 20.4. The van der Waals surface area contributed by atoms with Crippen LogP contribution in [-0.2, 0) is 19.6 Å². The van der Waals surface area contributed by atoms with Crippen molar-refractivity contribution in [2.24, 2.45) is 0 Å². The molecule has 0 aromatic carbocycles. The van der Waals surface area contributed by atoms with Gasteiger partial charge >= 0.3 is 0 Å². The first-order valence-electron chi connectivity index (χ1n) is 12.3. The number of aryl methyl sites for hydroxylation is 2. The number of carbonyl (C=O) groups excluding carboxylic acids is 3. The molecule has 2 N–H and O–H groups in total. The largest absolute Gasteiger partial charge is 0.361 e. The highest BCUT2D eigenvalue weighted by Crippen LogP contribution is 2.23. The standard InChI is InChI=1S/C24H30ClN5O6S2/c1-15-22(16(2)36-27-15)23(32)26-13-17-5-3-11-30(17)21(31)14-29-10-4-6-19(24(29)33)28-38(34,35)12-9-18-7-8-20(25)37-18/h7-9,12,17,19,28H,3-6,10-11,13-14H2,1-2H3,(H,26,32)/t17-,19-/m0/s1. The Kier molecular flexibility index (Phi) is 8.91. The van der Waals surface area contributed by atoms with Gasteiger partial charge in [-0.1, -0.05) is 16.8 Å². The van der Waals surface area contributed by atoms with E-state index in [9.17, 15) is 22.8 Å². The van der Waals surface area contributed by atoms with Crippen LogP contribution in [0.4, 0.5) is 0 Å². The van der Waals surface area contributed by atoms with Crippen LogP contribution in [0.3, 0.4) is 0 Å². The summed E-state index contributed by atoms with van der Waals surface area (Å²) in [7, 11) is -3.88. The molecule has 14 heteroatoms. The minimum Gasteiger partial charge on any atom is -0.361 e. The number of carbonyl (C=O) groups is 3. The van der Waals surface area contributed by atoms with Crippen molar-refractivity contribution in [3.8, 4) is 0 Å². The Labute approximate surface area is 230 Å². The first-order chi connectivity index (χ1) is 18.0. The molecule has 0 unspecified atom stereocenters. The molecule has 2 aromatic heterocycles. The molecule has 3 amide bonds. The lowest BCUT2D eigenvalue weighted by Crippen LogP contribution is -2.55. The topological polar surface area (TPSA) is 142 Å². The quantitative estimate of drug-likeness (QED) is 0.461. The molecule has 4 rings (SSSR count). The van der Waals surface area contributed by atoms with Crippen molar-refractivity contribution in [1.29, 1.82) is 0 Å².